The lowest BCUT2D eigenvalue weighted by atomic mass is 10.2. The number of rotatable bonds is 0. The van der Waals surface area contributed by atoms with Crippen molar-refractivity contribution >= 4 is 21.9 Å². The Labute approximate surface area is 93.2 Å². The molecule has 0 aliphatic rings. The number of pyridine rings is 1. The van der Waals surface area contributed by atoms with E-state index in [1.807, 2.05) is 24.3 Å². The summed E-state index contributed by atoms with van der Waals surface area (Å²) in [5.74, 6) is 0. The van der Waals surface area contributed by atoms with Gasteiger partial charge in [-0.2, -0.15) is 0 Å². The summed E-state index contributed by atoms with van der Waals surface area (Å²) in [7, 11) is 0. The molecule has 2 heterocycles. The fourth-order valence-corrected chi connectivity index (χ4v) is 1.59. The Hall–Kier alpha value is -2.47. The van der Waals surface area contributed by atoms with Crippen LogP contribution in [0.2, 0.25) is 0 Å². The molecule has 0 saturated carbocycles. The molecule has 0 unspecified atom stereocenters. The lowest BCUT2D eigenvalue weighted by Gasteiger charge is -1.99. The van der Waals surface area contributed by atoms with Crippen LogP contribution in [0.1, 0.15) is 0 Å². The Kier molecular flexibility index (Phi) is 2.75. The van der Waals surface area contributed by atoms with E-state index < -0.39 is 0 Å². The Balaban J connectivity index is 0.000000457. The maximum absolute atomic E-state index is 4.31. The van der Waals surface area contributed by atoms with Crippen molar-refractivity contribution in [2.75, 3.05) is 0 Å². The van der Waals surface area contributed by atoms with Gasteiger partial charge in [0.1, 0.15) is 0 Å². The summed E-state index contributed by atoms with van der Waals surface area (Å²) in [6.45, 7) is 0. The highest BCUT2D eigenvalue weighted by atomic mass is 14.8. The quantitative estimate of drug-likeness (QED) is 0.420. The normalized spacial score (nSPS) is 9.62. The van der Waals surface area contributed by atoms with Gasteiger partial charge in [0, 0.05) is 24.0 Å². The van der Waals surface area contributed by atoms with Crippen LogP contribution in [-0.2, 0) is 0 Å². The zero-order valence-corrected chi connectivity index (χ0v) is 8.54. The van der Waals surface area contributed by atoms with Crippen LogP contribution >= 0.6 is 0 Å². The highest BCUT2D eigenvalue weighted by Gasteiger charge is 2.00. The van der Waals surface area contributed by atoms with Crippen molar-refractivity contribution in [1.29, 1.82) is 0 Å². The fraction of sp³-hybridized carbons (Fsp3) is 0. The lowest BCUT2D eigenvalue weighted by molar-refractivity contribution is 1.30. The molecule has 0 radical (unpaired) electrons. The molecule has 3 rings (SSSR count). The minimum Gasteiger partial charge on any atom is -0.256 e. The summed E-state index contributed by atoms with van der Waals surface area (Å²) in [4.78, 5) is 12.8. The average Bonchev–Trinajstić information content (AvgIpc) is 2.41. The smallest absolute Gasteiger partial charge is 0.0980 e. The molecular weight excluding hydrogens is 198 g/mol. The van der Waals surface area contributed by atoms with Gasteiger partial charge in [0.05, 0.1) is 16.6 Å². The van der Waals surface area contributed by atoms with Crippen molar-refractivity contribution in [1.82, 2.24) is 15.0 Å². The van der Waals surface area contributed by atoms with E-state index in [9.17, 15) is 0 Å². The summed E-state index contributed by atoms with van der Waals surface area (Å²) in [5.41, 5.74) is 2.78. The molecule has 16 heavy (non-hydrogen) atoms. The maximum Gasteiger partial charge on any atom is 0.0980 e. The van der Waals surface area contributed by atoms with E-state index in [4.69, 9.17) is 0 Å². The molecule has 76 valence electrons. The van der Waals surface area contributed by atoms with Crippen LogP contribution in [0.25, 0.3) is 21.9 Å². The van der Waals surface area contributed by atoms with Crippen LogP contribution in [0.15, 0.2) is 42.9 Å². The summed E-state index contributed by atoms with van der Waals surface area (Å²) >= 11 is 0. The molecule has 0 N–H and O–H groups in total. The molecule has 0 amide bonds. The van der Waals surface area contributed by atoms with Crippen LogP contribution in [0.5, 0.6) is 0 Å². The van der Waals surface area contributed by atoms with Crippen molar-refractivity contribution in [3.63, 3.8) is 0 Å². The van der Waals surface area contributed by atoms with Crippen molar-refractivity contribution in [3.8, 4) is 12.8 Å². The van der Waals surface area contributed by atoms with E-state index in [2.05, 4.69) is 27.8 Å². The van der Waals surface area contributed by atoms with Crippen LogP contribution in [0, 0.1) is 12.8 Å². The minimum absolute atomic E-state index is 0.910. The van der Waals surface area contributed by atoms with Crippen LogP contribution < -0.4 is 0 Å². The van der Waals surface area contributed by atoms with E-state index >= 15 is 0 Å². The molecule has 3 aromatic rings. The third-order valence-electron chi connectivity index (χ3n) is 2.22. The molecule has 0 saturated heterocycles. The van der Waals surface area contributed by atoms with Crippen molar-refractivity contribution < 1.29 is 0 Å². The Morgan fingerprint density at radius 3 is 2.31 bits per heavy atom. The summed E-state index contributed by atoms with van der Waals surface area (Å²) in [5, 5.41) is 1.05. The first-order chi connectivity index (χ1) is 7.95. The van der Waals surface area contributed by atoms with Gasteiger partial charge >= 0.3 is 0 Å². The number of aromatic nitrogens is 3. The third-order valence-corrected chi connectivity index (χ3v) is 2.22. The number of nitrogens with zero attached hydrogens (tertiary/aromatic N) is 3. The zero-order chi connectivity index (χ0) is 11.4. The predicted octanol–water partition coefficient (Wildman–Crippen LogP) is 2.43. The van der Waals surface area contributed by atoms with Gasteiger partial charge < -0.3 is 0 Å². The Morgan fingerprint density at radius 1 is 0.750 bits per heavy atom. The van der Waals surface area contributed by atoms with Gasteiger partial charge in [0.2, 0.25) is 0 Å². The first-order valence-electron chi connectivity index (χ1n) is 4.73. The van der Waals surface area contributed by atoms with E-state index in [-0.39, 0.29) is 0 Å². The monoisotopic (exact) mass is 207 g/mol. The summed E-state index contributed by atoms with van der Waals surface area (Å²) in [6, 6.07) is 7.83. The lowest BCUT2D eigenvalue weighted by Crippen LogP contribution is -1.85. The van der Waals surface area contributed by atoms with Crippen molar-refractivity contribution in [3.05, 3.63) is 42.9 Å². The first kappa shape index (κ1) is 10.1. The second-order valence-electron chi connectivity index (χ2n) is 3.06. The van der Waals surface area contributed by atoms with Gasteiger partial charge in [-0.3, -0.25) is 15.0 Å². The third kappa shape index (κ3) is 1.57. The van der Waals surface area contributed by atoms with Gasteiger partial charge in [-0.05, 0) is 24.3 Å². The topological polar surface area (TPSA) is 38.7 Å². The van der Waals surface area contributed by atoms with E-state index in [1.165, 1.54) is 0 Å². The first-order valence-corrected chi connectivity index (χ1v) is 4.73. The highest BCUT2D eigenvalue weighted by Crippen LogP contribution is 2.19. The van der Waals surface area contributed by atoms with E-state index in [1.54, 1.807) is 18.6 Å². The molecule has 0 fully saturated rings. The van der Waals surface area contributed by atoms with Crippen molar-refractivity contribution in [2.24, 2.45) is 0 Å². The molecule has 3 heteroatoms. The molecular formula is C13H9N3. The fourth-order valence-electron chi connectivity index (χ4n) is 1.59. The zero-order valence-electron chi connectivity index (χ0n) is 8.54. The van der Waals surface area contributed by atoms with Crippen LogP contribution in [-0.4, -0.2) is 15.0 Å². The Bertz CT molecular complexity index is 589. The summed E-state index contributed by atoms with van der Waals surface area (Å²) in [6.07, 6.45) is 13.2. The number of hydrogen-bond donors (Lipinski definition) is 0. The maximum atomic E-state index is 4.31. The highest BCUT2D eigenvalue weighted by molar-refractivity contribution is 6.01. The van der Waals surface area contributed by atoms with Gasteiger partial charge in [-0.1, -0.05) is 0 Å². The van der Waals surface area contributed by atoms with Crippen molar-refractivity contribution in [2.45, 2.75) is 0 Å². The predicted molar refractivity (Wildman–Crippen MR) is 64.7 cm³/mol. The molecule has 0 spiro atoms. The number of terminal acetylenes is 1. The van der Waals surface area contributed by atoms with Gasteiger partial charge in [0.25, 0.3) is 0 Å². The molecule has 1 aromatic carbocycles. The van der Waals surface area contributed by atoms with E-state index in [0.29, 0.717) is 0 Å². The van der Waals surface area contributed by atoms with Gasteiger partial charge in [-0.25, -0.2) is 0 Å². The molecule has 2 aromatic heterocycles. The number of fused-ring (bicyclic) bond motifs is 3. The minimum atomic E-state index is 0.910. The van der Waals surface area contributed by atoms with Gasteiger partial charge in [0.15, 0.2) is 0 Å². The molecule has 0 bridgehead atoms. The SMILES string of the molecule is C#C.c1cnc2ccc3nccnc3c2c1. The standard InChI is InChI=1S/C11H7N3.C2H2/c1-2-8-9(12-5-1)3-4-10-11(8)14-7-6-13-10;1-2/h1-7H;1-2H. The molecule has 3 nitrogen and oxygen atoms in total. The Morgan fingerprint density at radius 2 is 1.44 bits per heavy atom. The average molecular weight is 207 g/mol. The number of benzene rings is 1. The van der Waals surface area contributed by atoms with Crippen LogP contribution in [0.3, 0.4) is 0 Å². The second-order valence-corrected chi connectivity index (χ2v) is 3.06. The molecule has 0 atom stereocenters. The van der Waals surface area contributed by atoms with E-state index in [0.717, 1.165) is 21.9 Å². The number of hydrogen-bond acceptors (Lipinski definition) is 3. The second kappa shape index (κ2) is 4.37. The molecule has 0 aliphatic heterocycles. The summed E-state index contributed by atoms with van der Waals surface area (Å²) < 4.78 is 0. The largest absolute Gasteiger partial charge is 0.256 e. The molecule has 0 aliphatic carbocycles. The van der Waals surface area contributed by atoms with Crippen LogP contribution in [0.4, 0.5) is 0 Å². The van der Waals surface area contributed by atoms with Gasteiger partial charge in [-0.15, -0.1) is 12.8 Å².